The minimum absolute atomic E-state index is 0.0673. The van der Waals surface area contributed by atoms with Crippen molar-refractivity contribution >= 4 is 39.5 Å². The van der Waals surface area contributed by atoms with Gasteiger partial charge in [-0.25, -0.2) is 9.13 Å². The zero-order valence-electron chi connectivity index (χ0n) is 61.2. The standard InChI is InChI=1S/C79H134O17P2/c1-5-9-13-17-21-25-29-33-36-40-43-47-51-55-59-63-76(81)89-69-74(95-78(83)65-61-57-53-49-45-39-32-28-24-20-16-12-8-4)71-93-97(85,86)91-67-73(80)68-92-98(87,88)94-72-75(96-79(84)66-62-58-54-50-46-42-38-35-31-27-23-19-15-11-7-3)70-90-77(82)64-60-56-52-48-44-41-37-34-30-26-22-18-14-10-6-2/h9-10,13-14,21-23,25-28,32-38,44,48,73-75,80H,5-8,11-12,15-20,24,29-31,39-43,45-47,49-72H2,1-4H3,(H,85,86)(H,87,88)/b13-9-,14-10-,25-21-,26-22-,27-23-,32-28-,36-33-,37-34-,38-35-,48-44-. The molecule has 0 aromatic heterocycles. The van der Waals surface area contributed by atoms with Gasteiger partial charge >= 0.3 is 39.5 Å². The largest absolute Gasteiger partial charge is 0.472 e. The summed E-state index contributed by atoms with van der Waals surface area (Å²) in [5.41, 5.74) is 0. The van der Waals surface area contributed by atoms with Crippen molar-refractivity contribution in [2.75, 3.05) is 39.6 Å². The van der Waals surface area contributed by atoms with E-state index in [0.29, 0.717) is 25.7 Å². The number of hydrogen-bond acceptors (Lipinski definition) is 15. The molecule has 0 aliphatic heterocycles. The monoisotopic (exact) mass is 1420 g/mol. The van der Waals surface area contributed by atoms with Gasteiger partial charge in [0.05, 0.1) is 26.4 Å². The Morgan fingerprint density at radius 1 is 0.296 bits per heavy atom. The van der Waals surface area contributed by atoms with Crippen LogP contribution in [0.5, 0.6) is 0 Å². The molecule has 0 fully saturated rings. The van der Waals surface area contributed by atoms with E-state index in [1.165, 1.54) is 44.9 Å². The van der Waals surface area contributed by atoms with Crippen molar-refractivity contribution < 1.29 is 80.2 Å². The van der Waals surface area contributed by atoms with E-state index >= 15 is 0 Å². The number of carbonyl (C=O) groups is 4. The quantitative estimate of drug-likeness (QED) is 0.0169. The molecule has 0 rings (SSSR count). The molecule has 0 aromatic rings. The van der Waals surface area contributed by atoms with Gasteiger partial charge < -0.3 is 33.8 Å². The van der Waals surface area contributed by atoms with Crippen LogP contribution < -0.4 is 0 Å². The highest BCUT2D eigenvalue weighted by Crippen LogP contribution is 2.45. The third kappa shape index (κ3) is 69.9. The minimum Gasteiger partial charge on any atom is -0.462 e. The number of phosphoric acid groups is 2. The molecule has 0 spiro atoms. The van der Waals surface area contributed by atoms with Crippen LogP contribution in [-0.4, -0.2) is 96.7 Å². The van der Waals surface area contributed by atoms with E-state index in [1.54, 1.807) is 0 Å². The summed E-state index contributed by atoms with van der Waals surface area (Å²) in [5, 5.41) is 10.6. The van der Waals surface area contributed by atoms with Gasteiger partial charge in [0.15, 0.2) is 12.2 Å². The van der Waals surface area contributed by atoms with Gasteiger partial charge in [-0.1, -0.05) is 239 Å². The number of phosphoric ester groups is 2. The van der Waals surface area contributed by atoms with Gasteiger partial charge in [0, 0.05) is 25.7 Å². The Bertz CT molecular complexity index is 2340. The molecule has 5 atom stereocenters. The van der Waals surface area contributed by atoms with E-state index in [0.717, 1.165) is 173 Å². The van der Waals surface area contributed by atoms with Gasteiger partial charge in [0.2, 0.25) is 0 Å². The first-order valence-corrected chi connectivity index (χ1v) is 40.8. The van der Waals surface area contributed by atoms with E-state index in [9.17, 15) is 43.2 Å². The highest BCUT2D eigenvalue weighted by atomic mass is 31.2. The van der Waals surface area contributed by atoms with Crippen molar-refractivity contribution in [2.24, 2.45) is 0 Å². The first-order chi connectivity index (χ1) is 47.7. The number of allylic oxidation sites excluding steroid dienone is 20. The van der Waals surface area contributed by atoms with Gasteiger partial charge in [-0.3, -0.25) is 37.3 Å². The summed E-state index contributed by atoms with van der Waals surface area (Å²) in [6.45, 7) is 4.51. The molecule has 0 bridgehead atoms. The maximum absolute atomic E-state index is 13.1. The van der Waals surface area contributed by atoms with Crippen LogP contribution in [-0.2, 0) is 65.4 Å². The number of hydrogen-bond donors (Lipinski definition) is 3. The Morgan fingerprint density at radius 3 is 0.867 bits per heavy atom. The predicted octanol–water partition coefficient (Wildman–Crippen LogP) is 21.6. The van der Waals surface area contributed by atoms with Crippen LogP contribution in [0.1, 0.15) is 297 Å². The number of aliphatic hydroxyl groups is 1. The van der Waals surface area contributed by atoms with Gasteiger partial charge in [-0.05, 0) is 154 Å². The van der Waals surface area contributed by atoms with Crippen molar-refractivity contribution in [1.29, 1.82) is 0 Å². The fourth-order valence-electron chi connectivity index (χ4n) is 9.66. The zero-order valence-corrected chi connectivity index (χ0v) is 63.0. The second kappa shape index (κ2) is 70.9. The lowest BCUT2D eigenvalue weighted by atomic mass is 10.1. The Balaban J connectivity index is 5.41. The second-order valence-corrected chi connectivity index (χ2v) is 27.7. The molecule has 0 radical (unpaired) electrons. The van der Waals surface area contributed by atoms with Crippen molar-refractivity contribution in [3.8, 4) is 0 Å². The lowest BCUT2D eigenvalue weighted by Crippen LogP contribution is -2.30. The normalized spacial score (nSPS) is 14.6. The molecule has 0 saturated heterocycles. The number of carbonyl (C=O) groups excluding carboxylic acids is 4. The summed E-state index contributed by atoms with van der Waals surface area (Å²) in [7, 11) is -9.97. The van der Waals surface area contributed by atoms with Crippen molar-refractivity contribution in [3.05, 3.63) is 122 Å². The lowest BCUT2D eigenvalue weighted by molar-refractivity contribution is -0.161. The molecule has 0 heterocycles. The van der Waals surface area contributed by atoms with E-state index in [-0.39, 0.29) is 25.7 Å². The third-order valence-corrected chi connectivity index (χ3v) is 17.3. The third-order valence-electron chi connectivity index (χ3n) is 15.4. The number of unbranched alkanes of at least 4 members (excludes halogenated alkanes) is 24. The second-order valence-electron chi connectivity index (χ2n) is 24.8. The lowest BCUT2D eigenvalue weighted by Gasteiger charge is -2.21. The molecule has 562 valence electrons. The predicted molar refractivity (Wildman–Crippen MR) is 399 cm³/mol. The van der Waals surface area contributed by atoms with E-state index in [2.05, 4.69) is 149 Å². The summed E-state index contributed by atoms with van der Waals surface area (Å²) in [5.74, 6) is -2.27. The molecule has 0 aromatic carbocycles. The summed E-state index contributed by atoms with van der Waals surface area (Å²) in [6.07, 6.45) is 76.2. The zero-order chi connectivity index (χ0) is 71.8. The fraction of sp³-hybridized carbons (Fsp3) is 0.696. The van der Waals surface area contributed by atoms with E-state index in [1.807, 2.05) is 0 Å². The molecule has 5 unspecified atom stereocenters. The molecule has 98 heavy (non-hydrogen) atoms. The average Bonchev–Trinajstić information content (AvgIpc) is 1.04. The minimum atomic E-state index is -4.99. The van der Waals surface area contributed by atoms with Crippen LogP contribution in [0.4, 0.5) is 0 Å². The maximum atomic E-state index is 13.1. The number of esters is 4. The van der Waals surface area contributed by atoms with E-state index < -0.39 is 97.5 Å². The Labute approximate surface area is 593 Å². The number of rotatable bonds is 70. The molecule has 0 aliphatic carbocycles. The molecule has 17 nitrogen and oxygen atoms in total. The average molecular weight is 1420 g/mol. The van der Waals surface area contributed by atoms with Crippen LogP contribution in [0.2, 0.25) is 0 Å². The van der Waals surface area contributed by atoms with Crippen LogP contribution in [0.3, 0.4) is 0 Å². The van der Waals surface area contributed by atoms with Crippen LogP contribution in [0, 0.1) is 0 Å². The maximum Gasteiger partial charge on any atom is 0.472 e. The van der Waals surface area contributed by atoms with Crippen LogP contribution >= 0.6 is 15.6 Å². The van der Waals surface area contributed by atoms with Crippen molar-refractivity contribution in [3.63, 3.8) is 0 Å². The van der Waals surface area contributed by atoms with Crippen molar-refractivity contribution in [1.82, 2.24) is 0 Å². The van der Waals surface area contributed by atoms with Crippen LogP contribution in [0.15, 0.2) is 122 Å². The summed E-state index contributed by atoms with van der Waals surface area (Å²) in [4.78, 5) is 72.8. The topological polar surface area (TPSA) is 237 Å². The van der Waals surface area contributed by atoms with Gasteiger partial charge in [-0.15, -0.1) is 0 Å². The molecule has 0 aliphatic rings. The van der Waals surface area contributed by atoms with Crippen molar-refractivity contribution in [2.45, 2.75) is 316 Å². The first kappa shape index (κ1) is 93.5. The Morgan fingerprint density at radius 2 is 0.531 bits per heavy atom. The first-order valence-electron chi connectivity index (χ1n) is 37.8. The molecular weight excluding hydrogens is 1280 g/mol. The Hall–Kier alpha value is -4.54. The summed E-state index contributed by atoms with van der Waals surface area (Å²) >= 11 is 0. The molecular formula is C79H134O17P2. The molecule has 3 N–H and O–H groups in total. The fourth-order valence-corrected chi connectivity index (χ4v) is 11.2. The smallest absolute Gasteiger partial charge is 0.462 e. The van der Waals surface area contributed by atoms with Gasteiger partial charge in [-0.2, -0.15) is 0 Å². The molecule has 0 saturated carbocycles. The number of ether oxygens (including phenoxy) is 4. The van der Waals surface area contributed by atoms with E-state index in [4.69, 9.17) is 37.0 Å². The molecule has 19 heteroatoms. The molecule has 0 amide bonds. The summed E-state index contributed by atoms with van der Waals surface area (Å²) in [6, 6.07) is 0. The number of aliphatic hydroxyl groups excluding tert-OH is 1. The van der Waals surface area contributed by atoms with Gasteiger partial charge in [0.25, 0.3) is 0 Å². The SMILES string of the molecule is CC/C=C\C/C=C\C/C=C\C/C=C\CCCCC(=O)OCC(COP(=O)(O)OCC(O)COP(=O)(O)OCC(COC(=O)CCCCCCC/C=C\C/C=C\C/C=C\CC)OC(=O)CCCCCCC/C=C\CCCCCC)OC(=O)CCCCCCC/C=C\C/C=C\CCCCC. The summed E-state index contributed by atoms with van der Waals surface area (Å²) < 4.78 is 68.4. The highest BCUT2D eigenvalue weighted by Gasteiger charge is 2.30. The Kier molecular flexibility index (Phi) is 67.6. The highest BCUT2D eigenvalue weighted by molar-refractivity contribution is 7.47. The van der Waals surface area contributed by atoms with Crippen LogP contribution in [0.25, 0.3) is 0 Å². The van der Waals surface area contributed by atoms with Gasteiger partial charge in [0.1, 0.15) is 19.3 Å².